The molecule has 0 radical (unpaired) electrons. The molecule has 0 spiro atoms. The van der Waals surface area contributed by atoms with E-state index >= 15 is 0 Å². The van der Waals surface area contributed by atoms with E-state index in [9.17, 15) is 25.2 Å². The van der Waals surface area contributed by atoms with E-state index in [1.165, 1.54) is 42.5 Å². The van der Waals surface area contributed by atoms with Crippen molar-refractivity contribution in [2.24, 2.45) is 0 Å². The van der Waals surface area contributed by atoms with E-state index in [0.717, 1.165) is 5.56 Å². The Labute approximate surface area is 227 Å². The van der Waals surface area contributed by atoms with Crippen LogP contribution in [0.2, 0.25) is 0 Å². The molecule has 0 bridgehead atoms. The lowest BCUT2D eigenvalue weighted by molar-refractivity contribution is -0.144. The molecule has 2 aromatic heterocycles. The largest absolute Gasteiger partial charge is 0.508 e. The number of esters is 1. The second-order valence-electron chi connectivity index (χ2n) is 9.01. The van der Waals surface area contributed by atoms with Crippen LogP contribution in [0.1, 0.15) is 17.4 Å². The average Bonchev–Trinajstić information content (AvgIpc) is 3.51. The number of hydrogen-bond donors (Lipinski definition) is 5. The number of carbonyl (C=O) groups is 1. The number of nitrogens with one attached hydrogen (secondary N) is 1. The summed E-state index contributed by atoms with van der Waals surface area (Å²) in [5.74, 6) is 0.167. The van der Waals surface area contributed by atoms with Gasteiger partial charge in [-0.1, -0.05) is 18.2 Å². The number of imidazole rings is 1. The molecule has 0 saturated carbocycles. The van der Waals surface area contributed by atoms with Crippen molar-refractivity contribution in [3.8, 4) is 17.2 Å². The summed E-state index contributed by atoms with van der Waals surface area (Å²) < 4.78 is 17.6. The van der Waals surface area contributed by atoms with Gasteiger partial charge in [0, 0.05) is 12.6 Å². The van der Waals surface area contributed by atoms with Crippen molar-refractivity contribution < 1.29 is 39.4 Å². The SMILES string of the molecule is COc1cc(C=CC(=O)OC[C@H]2O[C@@H](n3cnc4c(NCc5ccc(O)cc5)ncnc43)[C@H](O)[C@@H]2O)ccc1O. The summed E-state index contributed by atoms with van der Waals surface area (Å²) in [6, 6.07) is 11.3. The first-order chi connectivity index (χ1) is 19.3. The summed E-state index contributed by atoms with van der Waals surface area (Å²) >= 11 is 0. The number of rotatable bonds is 9. The third-order valence-corrected chi connectivity index (χ3v) is 6.37. The van der Waals surface area contributed by atoms with Crippen LogP contribution in [0, 0.1) is 0 Å². The Morgan fingerprint density at radius 1 is 1.10 bits per heavy atom. The molecule has 13 heteroatoms. The van der Waals surface area contributed by atoms with Crippen molar-refractivity contribution >= 4 is 29.0 Å². The van der Waals surface area contributed by atoms with Crippen molar-refractivity contribution in [2.75, 3.05) is 19.0 Å². The van der Waals surface area contributed by atoms with Crippen LogP contribution in [0.15, 0.2) is 61.2 Å². The maximum absolute atomic E-state index is 12.2. The van der Waals surface area contributed by atoms with E-state index in [1.54, 1.807) is 36.4 Å². The van der Waals surface area contributed by atoms with Gasteiger partial charge in [0.2, 0.25) is 0 Å². The van der Waals surface area contributed by atoms with Crippen molar-refractivity contribution in [1.82, 2.24) is 19.5 Å². The summed E-state index contributed by atoms with van der Waals surface area (Å²) in [5, 5.41) is 43.6. The molecule has 2 aromatic carbocycles. The highest BCUT2D eigenvalue weighted by Gasteiger charge is 2.45. The van der Waals surface area contributed by atoms with Gasteiger partial charge in [0.05, 0.1) is 13.4 Å². The van der Waals surface area contributed by atoms with Gasteiger partial charge in [0.15, 0.2) is 34.7 Å². The van der Waals surface area contributed by atoms with Gasteiger partial charge in [-0.3, -0.25) is 4.57 Å². The number of benzene rings is 2. The number of aromatic hydroxyl groups is 2. The third-order valence-electron chi connectivity index (χ3n) is 6.37. The number of anilines is 1. The first-order valence-electron chi connectivity index (χ1n) is 12.3. The molecular formula is C27H27N5O8. The minimum Gasteiger partial charge on any atom is -0.508 e. The predicted molar refractivity (Wildman–Crippen MR) is 141 cm³/mol. The van der Waals surface area contributed by atoms with Crippen LogP contribution in [0.25, 0.3) is 17.2 Å². The van der Waals surface area contributed by atoms with Crippen molar-refractivity contribution in [1.29, 1.82) is 0 Å². The average molecular weight is 550 g/mol. The highest BCUT2D eigenvalue weighted by Crippen LogP contribution is 2.32. The molecule has 4 aromatic rings. The standard InChI is InChI=1S/C27H27N5O8/c1-38-19-10-15(4-8-18(19)34)5-9-21(35)39-12-20-23(36)24(37)27(40-20)32-14-31-22-25(29-13-30-26(22)32)28-11-16-2-6-17(33)7-3-16/h2-10,13-14,20,23-24,27,33-34,36-37H,11-12H2,1H3,(H,28,29,30)/t20-,23-,24-,27-/m1/s1. The molecule has 5 N–H and O–H groups in total. The van der Waals surface area contributed by atoms with E-state index in [4.69, 9.17) is 14.2 Å². The summed E-state index contributed by atoms with van der Waals surface area (Å²) in [5.41, 5.74) is 2.31. The van der Waals surface area contributed by atoms with Gasteiger partial charge < -0.3 is 40.0 Å². The number of nitrogens with zero attached hydrogens (tertiary/aromatic N) is 4. The van der Waals surface area contributed by atoms with Crippen LogP contribution in [0.4, 0.5) is 5.82 Å². The molecule has 0 aliphatic carbocycles. The lowest BCUT2D eigenvalue weighted by atomic mass is 10.1. The van der Waals surface area contributed by atoms with E-state index < -0.39 is 30.5 Å². The Bertz CT molecular complexity index is 1520. The fraction of sp³-hybridized carbons (Fsp3) is 0.259. The van der Waals surface area contributed by atoms with Crippen LogP contribution < -0.4 is 10.1 Å². The van der Waals surface area contributed by atoms with Gasteiger partial charge in [-0.2, -0.15) is 0 Å². The Kier molecular flexibility index (Phi) is 7.77. The number of phenols is 2. The lowest BCUT2D eigenvalue weighted by Gasteiger charge is -2.16. The molecule has 13 nitrogen and oxygen atoms in total. The Morgan fingerprint density at radius 2 is 1.90 bits per heavy atom. The van der Waals surface area contributed by atoms with Gasteiger partial charge in [-0.25, -0.2) is 19.7 Å². The molecule has 40 heavy (non-hydrogen) atoms. The van der Waals surface area contributed by atoms with Gasteiger partial charge in [-0.15, -0.1) is 0 Å². The smallest absolute Gasteiger partial charge is 0.330 e. The molecule has 0 unspecified atom stereocenters. The van der Waals surface area contributed by atoms with E-state index in [1.807, 2.05) is 0 Å². The minimum absolute atomic E-state index is 0.0265. The molecule has 3 heterocycles. The highest BCUT2D eigenvalue weighted by atomic mass is 16.6. The second-order valence-corrected chi connectivity index (χ2v) is 9.01. The molecule has 1 aliphatic heterocycles. The molecule has 1 aliphatic rings. The number of fused-ring (bicyclic) bond motifs is 1. The first-order valence-corrected chi connectivity index (χ1v) is 12.3. The molecule has 1 fully saturated rings. The topological polar surface area (TPSA) is 181 Å². The zero-order valence-corrected chi connectivity index (χ0v) is 21.3. The molecule has 208 valence electrons. The number of carbonyl (C=O) groups excluding carboxylic acids is 1. The molecule has 5 rings (SSSR count). The number of methoxy groups -OCH3 is 1. The van der Waals surface area contributed by atoms with Crippen LogP contribution in [0.5, 0.6) is 17.2 Å². The fourth-order valence-electron chi connectivity index (χ4n) is 4.24. The summed E-state index contributed by atoms with van der Waals surface area (Å²) in [7, 11) is 1.42. The van der Waals surface area contributed by atoms with E-state index in [2.05, 4.69) is 20.3 Å². The fourth-order valence-corrected chi connectivity index (χ4v) is 4.24. The van der Waals surface area contributed by atoms with Gasteiger partial charge >= 0.3 is 5.97 Å². The second kappa shape index (κ2) is 11.6. The monoisotopic (exact) mass is 549 g/mol. The number of hydrogen-bond acceptors (Lipinski definition) is 12. The van der Waals surface area contributed by atoms with Crippen LogP contribution in [0.3, 0.4) is 0 Å². The third kappa shape index (κ3) is 5.66. The van der Waals surface area contributed by atoms with Crippen molar-refractivity contribution in [3.05, 3.63) is 72.3 Å². The maximum atomic E-state index is 12.2. The lowest BCUT2D eigenvalue weighted by Crippen LogP contribution is -2.34. The van der Waals surface area contributed by atoms with E-state index in [0.29, 0.717) is 29.1 Å². The van der Waals surface area contributed by atoms with Gasteiger partial charge in [0.1, 0.15) is 37.0 Å². The highest BCUT2D eigenvalue weighted by molar-refractivity contribution is 5.87. The Hall–Kier alpha value is -4.72. The van der Waals surface area contributed by atoms with Gasteiger partial charge in [0.25, 0.3) is 0 Å². The number of aliphatic hydroxyl groups is 2. The van der Waals surface area contributed by atoms with Crippen LogP contribution in [-0.4, -0.2) is 77.9 Å². The molecule has 1 saturated heterocycles. The number of aliphatic hydroxyl groups excluding tert-OH is 2. The van der Waals surface area contributed by atoms with Crippen LogP contribution in [-0.2, 0) is 20.8 Å². The van der Waals surface area contributed by atoms with Gasteiger partial charge in [-0.05, 0) is 41.5 Å². The minimum atomic E-state index is -1.34. The Balaban J connectivity index is 1.22. The summed E-state index contributed by atoms with van der Waals surface area (Å²) in [6.07, 6.45) is 0.716. The summed E-state index contributed by atoms with van der Waals surface area (Å²) in [4.78, 5) is 25.1. The van der Waals surface area contributed by atoms with Crippen LogP contribution >= 0.6 is 0 Å². The van der Waals surface area contributed by atoms with Crippen molar-refractivity contribution in [2.45, 2.75) is 31.1 Å². The van der Waals surface area contributed by atoms with E-state index in [-0.39, 0.29) is 23.9 Å². The molecule has 0 amide bonds. The Morgan fingerprint density at radius 3 is 2.67 bits per heavy atom. The molecular weight excluding hydrogens is 522 g/mol. The normalized spacial score (nSPS) is 20.7. The molecule has 4 atom stereocenters. The number of aromatic nitrogens is 4. The maximum Gasteiger partial charge on any atom is 0.330 e. The number of ether oxygens (including phenoxy) is 3. The number of phenolic OH excluding ortho intramolecular Hbond substituents is 2. The summed E-state index contributed by atoms with van der Waals surface area (Å²) in [6.45, 7) is 0.112. The zero-order valence-electron chi connectivity index (χ0n) is 21.3. The predicted octanol–water partition coefficient (Wildman–Crippen LogP) is 1.73. The first kappa shape index (κ1) is 26.9. The quantitative estimate of drug-likeness (QED) is 0.151. The van der Waals surface area contributed by atoms with Crippen molar-refractivity contribution in [3.63, 3.8) is 0 Å². The zero-order chi connectivity index (χ0) is 28.2.